The molecule has 1 fully saturated rings. The lowest BCUT2D eigenvalue weighted by molar-refractivity contribution is -0.139. The van der Waals surface area contributed by atoms with E-state index in [1.807, 2.05) is 19.1 Å². The summed E-state index contributed by atoms with van der Waals surface area (Å²) in [7, 11) is 3.16. The lowest BCUT2D eigenvalue weighted by Crippen LogP contribution is -2.40. The highest BCUT2D eigenvalue weighted by molar-refractivity contribution is 7.07. The van der Waals surface area contributed by atoms with E-state index in [-0.39, 0.29) is 12.2 Å². The van der Waals surface area contributed by atoms with Crippen molar-refractivity contribution in [2.75, 3.05) is 38.8 Å². The summed E-state index contributed by atoms with van der Waals surface area (Å²) in [6, 6.07) is 11.0. The van der Waals surface area contributed by atoms with Crippen LogP contribution in [0.3, 0.4) is 0 Å². The van der Waals surface area contributed by atoms with Crippen LogP contribution in [0.2, 0.25) is 0 Å². The normalized spacial score (nSPS) is 17.0. The standard InChI is InChI=1S/C32H37N3O5S/c1-6-10-25-28(31(37)40-7-2)29(24-19-23(38-4)13-14-26(24)39-5)35-30(36)27(41-32(35)33-25)18-21-11-12-22(17-20(21)3)34-15-8-9-16-34/h11-14,17-19,29H,6-10,15-16H2,1-5H3/b27-18-/t29-/m0/s1. The molecule has 1 saturated heterocycles. The van der Waals surface area contributed by atoms with Crippen molar-refractivity contribution in [3.63, 3.8) is 0 Å². The molecule has 9 heteroatoms. The largest absolute Gasteiger partial charge is 0.497 e. The summed E-state index contributed by atoms with van der Waals surface area (Å²) in [6.45, 7) is 8.25. The Morgan fingerprint density at radius 1 is 1.10 bits per heavy atom. The summed E-state index contributed by atoms with van der Waals surface area (Å²) in [5, 5.41) is 0. The molecule has 2 aliphatic heterocycles. The second kappa shape index (κ2) is 12.3. The first-order valence-electron chi connectivity index (χ1n) is 14.2. The number of thiazole rings is 1. The van der Waals surface area contributed by atoms with E-state index in [0.717, 1.165) is 30.6 Å². The van der Waals surface area contributed by atoms with Crippen LogP contribution in [0.4, 0.5) is 5.69 Å². The molecular weight excluding hydrogens is 538 g/mol. The molecule has 1 aromatic heterocycles. The Morgan fingerprint density at radius 3 is 2.54 bits per heavy atom. The second-order valence-corrected chi connectivity index (χ2v) is 11.3. The second-order valence-electron chi connectivity index (χ2n) is 10.3. The van der Waals surface area contributed by atoms with Crippen molar-refractivity contribution in [3.05, 3.63) is 84.0 Å². The third-order valence-corrected chi connectivity index (χ3v) is 8.62. The molecule has 3 heterocycles. The first kappa shape index (κ1) is 28.7. The van der Waals surface area contributed by atoms with Crippen LogP contribution in [0.1, 0.15) is 62.3 Å². The zero-order valence-electron chi connectivity index (χ0n) is 24.4. The molecule has 3 aromatic rings. The molecule has 0 aliphatic carbocycles. The van der Waals surface area contributed by atoms with Gasteiger partial charge in [0.05, 0.1) is 36.6 Å². The quantitative estimate of drug-likeness (QED) is 0.350. The SMILES string of the molecule is CCCC1=C(C(=O)OCC)[C@H](c2cc(OC)ccc2OC)n2c(s/c(=C\c3ccc(N4CCCC4)cc3C)c2=O)=N1. The van der Waals surface area contributed by atoms with Gasteiger partial charge in [-0.25, -0.2) is 9.79 Å². The van der Waals surface area contributed by atoms with E-state index in [0.29, 0.717) is 44.1 Å². The minimum Gasteiger partial charge on any atom is -0.497 e. The number of aryl methyl sites for hydroxylation is 1. The summed E-state index contributed by atoms with van der Waals surface area (Å²) in [4.78, 5) is 35.5. The zero-order chi connectivity index (χ0) is 29.1. The summed E-state index contributed by atoms with van der Waals surface area (Å²) < 4.78 is 18.9. The van der Waals surface area contributed by atoms with Gasteiger partial charge >= 0.3 is 5.97 Å². The van der Waals surface area contributed by atoms with Crippen LogP contribution in [0, 0.1) is 6.92 Å². The first-order valence-corrected chi connectivity index (χ1v) is 15.0. The number of ether oxygens (including phenoxy) is 3. The van der Waals surface area contributed by atoms with Gasteiger partial charge < -0.3 is 19.1 Å². The van der Waals surface area contributed by atoms with Crippen LogP contribution in [-0.4, -0.2) is 44.5 Å². The van der Waals surface area contributed by atoms with Gasteiger partial charge in [-0.2, -0.15) is 0 Å². The minimum absolute atomic E-state index is 0.209. The fourth-order valence-corrected chi connectivity index (χ4v) is 6.61. The van der Waals surface area contributed by atoms with Crippen LogP contribution in [0.25, 0.3) is 6.08 Å². The zero-order valence-corrected chi connectivity index (χ0v) is 25.2. The van der Waals surface area contributed by atoms with E-state index < -0.39 is 12.0 Å². The van der Waals surface area contributed by atoms with Crippen molar-refractivity contribution in [2.45, 2.75) is 52.5 Å². The minimum atomic E-state index is -0.780. The average molecular weight is 576 g/mol. The van der Waals surface area contributed by atoms with Gasteiger partial charge in [-0.1, -0.05) is 30.7 Å². The highest BCUT2D eigenvalue weighted by atomic mass is 32.1. The Balaban J connectivity index is 1.72. The number of hydrogen-bond donors (Lipinski definition) is 0. The van der Waals surface area contributed by atoms with Crippen LogP contribution < -0.4 is 29.3 Å². The third kappa shape index (κ3) is 5.55. The smallest absolute Gasteiger partial charge is 0.338 e. The summed E-state index contributed by atoms with van der Waals surface area (Å²) in [6.07, 6.45) is 5.71. The van der Waals surface area contributed by atoms with Crippen LogP contribution in [0.5, 0.6) is 11.5 Å². The number of aromatic nitrogens is 1. The molecule has 0 spiro atoms. The van der Waals surface area contributed by atoms with Crippen LogP contribution in [0.15, 0.2) is 57.5 Å². The highest BCUT2D eigenvalue weighted by Crippen LogP contribution is 2.38. The summed E-state index contributed by atoms with van der Waals surface area (Å²) in [5.74, 6) is 0.643. The van der Waals surface area contributed by atoms with Crippen molar-refractivity contribution in [1.82, 2.24) is 4.57 Å². The average Bonchev–Trinajstić information content (AvgIpc) is 3.62. The van der Waals surface area contributed by atoms with E-state index in [9.17, 15) is 9.59 Å². The van der Waals surface area contributed by atoms with E-state index in [1.54, 1.807) is 37.8 Å². The number of benzene rings is 2. The number of anilines is 1. The van der Waals surface area contributed by atoms with E-state index in [1.165, 1.54) is 29.9 Å². The lowest BCUT2D eigenvalue weighted by atomic mass is 9.93. The molecule has 1 atom stereocenters. The third-order valence-electron chi connectivity index (χ3n) is 7.63. The first-order chi connectivity index (χ1) is 19.9. The van der Waals surface area contributed by atoms with Gasteiger partial charge in [0.2, 0.25) is 0 Å². The number of esters is 1. The molecule has 8 nitrogen and oxygen atoms in total. The lowest BCUT2D eigenvalue weighted by Gasteiger charge is -2.27. The Labute approximate surface area is 244 Å². The maximum Gasteiger partial charge on any atom is 0.338 e. The van der Waals surface area contributed by atoms with Gasteiger partial charge in [0.1, 0.15) is 17.5 Å². The fraction of sp³-hybridized carbons (Fsp3) is 0.406. The molecule has 41 heavy (non-hydrogen) atoms. The summed E-state index contributed by atoms with van der Waals surface area (Å²) >= 11 is 1.33. The Bertz CT molecular complexity index is 1660. The van der Waals surface area contributed by atoms with Gasteiger partial charge in [0.15, 0.2) is 4.80 Å². The van der Waals surface area contributed by atoms with Crippen LogP contribution >= 0.6 is 11.3 Å². The van der Waals surface area contributed by atoms with E-state index in [2.05, 4.69) is 30.0 Å². The Kier molecular flexibility index (Phi) is 8.63. The number of carbonyl (C=O) groups is 1. The molecule has 216 valence electrons. The highest BCUT2D eigenvalue weighted by Gasteiger charge is 2.36. The predicted molar refractivity (Wildman–Crippen MR) is 162 cm³/mol. The number of fused-ring (bicyclic) bond motifs is 1. The van der Waals surface area contributed by atoms with Crippen molar-refractivity contribution in [2.24, 2.45) is 4.99 Å². The van der Waals surface area contributed by atoms with Crippen molar-refractivity contribution in [1.29, 1.82) is 0 Å². The van der Waals surface area contributed by atoms with Gasteiger partial charge in [0, 0.05) is 24.3 Å². The van der Waals surface area contributed by atoms with Crippen LogP contribution in [-0.2, 0) is 9.53 Å². The molecule has 0 unspecified atom stereocenters. The maximum absolute atomic E-state index is 14.2. The van der Waals surface area contributed by atoms with Gasteiger partial charge in [-0.15, -0.1) is 0 Å². The predicted octanol–water partition coefficient (Wildman–Crippen LogP) is 4.50. The Hall–Kier alpha value is -3.85. The van der Waals surface area contributed by atoms with Gasteiger partial charge in [-0.05, 0) is 80.6 Å². The molecule has 0 radical (unpaired) electrons. The topological polar surface area (TPSA) is 82.4 Å². The molecule has 2 aromatic carbocycles. The summed E-state index contributed by atoms with van der Waals surface area (Å²) in [5.41, 5.74) is 4.69. The van der Waals surface area contributed by atoms with Crippen molar-refractivity contribution >= 4 is 29.1 Å². The van der Waals surface area contributed by atoms with E-state index >= 15 is 0 Å². The number of hydrogen-bond acceptors (Lipinski definition) is 8. The number of methoxy groups -OCH3 is 2. The molecule has 0 amide bonds. The molecule has 0 N–H and O–H groups in total. The number of carbonyl (C=O) groups excluding carboxylic acids is 1. The van der Waals surface area contributed by atoms with Gasteiger partial charge in [-0.3, -0.25) is 9.36 Å². The monoisotopic (exact) mass is 575 g/mol. The van der Waals surface area contributed by atoms with Gasteiger partial charge in [0.25, 0.3) is 5.56 Å². The molecule has 0 saturated carbocycles. The van der Waals surface area contributed by atoms with Crippen molar-refractivity contribution in [3.8, 4) is 11.5 Å². The number of allylic oxidation sites excluding steroid dienone is 1. The maximum atomic E-state index is 14.2. The van der Waals surface area contributed by atoms with E-state index in [4.69, 9.17) is 19.2 Å². The molecule has 0 bridgehead atoms. The van der Waals surface area contributed by atoms with Crippen molar-refractivity contribution < 1.29 is 19.0 Å². The number of nitrogens with zero attached hydrogens (tertiary/aromatic N) is 3. The molecular formula is C32H37N3O5S. The fourth-order valence-electron chi connectivity index (χ4n) is 5.60. The molecule has 2 aliphatic rings. The molecule has 5 rings (SSSR count). The number of rotatable bonds is 9. The Morgan fingerprint density at radius 2 is 1.88 bits per heavy atom.